The van der Waals surface area contributed by atoms with E-state index >= 15 is 0 Å². The number of benzene rings is 1. The molecule has 0 aliphatic heterocycles. The summed E-state index contributed by atoms with van der Waals surface area (Å²) in [6, 6.07) is 9.12. The van der Waals surface area contributed by atoms with E-state index in [1.807, 2.05) is 0 Å². The van der Waals surface area contributed by atoms with Gasteiger partial charge in [0.25, 0.3) is 0 Å². The molecular formula is C16H28N2Si2. The van der Waals surface area contributed by atoms with Crippen molar-refractivity contribution in [1.82, 2.24) is 9.13 Å². The molecule has 0 heterocycles. The van der Waals surface area contributed by atoms with Crippen LogP contribution in [0, 0.1) is 0 Å². The van der Waals surface area contributed by atoms with Crippen molar-refractivity contribution in [2.24, 2.45) is 0 Å². The minimum absolute atomic E-state index is 1.40. The van der Waals surface area contributed by atoms with Gasteiger partial charge in [-0.15, -0.1) is 13.2 Å². The Hall–Kier alpha value is -0.946. The monoisotopic (exact) mass is 304 g/mol. The molecular weight excluding hydrogens is 276 g/mol. The standard InChI is InChI=1S/C16H28N2Si2/c1-9-19(7,17(3)4)15-11-13-16(14-12-15)20(8,10-2)18(5)6/h9-14H,1-2H2,3-8H3. The van der Waals surface area contributed by atoms with E-state index in [0.717, 1.165) is 0 Å². The molecule has 110 valence electrons. The first kappa shape index (κ1) is 17.1. The number of hydrogen-bond donors (Lipinski definition) is 0. The minimum Gasteiger partial charge on any atom is -0.323 e. The molecule has 0 aromatic heterocycles. The van der Waals surface area contributed by atoms with Gasteiger partial charge in [0, 0.05) is 0 Å². The highest BCUT2D eigenvalue weighted by molar-refractivity contribution is 6.94. The zero-order chi connectivity index (χ0) is 15.6. The Kier molecular flexibility index (Phi) is 5.32. The molecule has 1 aromatic rings. The summed E-state index contributed by atoms with van der Waals surface area (Å²) in [5, 5.41) is 2.81. The molecule has 0 spiro atoms. The van der Waals surface area contributed by atoms with Crippen LogP contribution < -0.4 is 10.4 Å². The number of hydrogen-bond acceptors (Lipinski definition) is 2. The first-order valence-electron chi connectivity index (χ1n) is 6.95. The van der Waals surface area contributed by atoms with E-state index in [4.69, 9.17) is 0 Å². The second-order valence-corrected chi connectivity index (χ2v) is 14.4. The lowest BCUT2D eigenvalue weighted by molar-refractivity contribution is 0.638. The lowest BCUT2D eigenvalue weighted by atomic mass is 10.4. The molecule has 0 aliphatic carbocycles. The molecule has 0 radical (unpaired) electrons. The van der Waals surface area contributed by atoms with Gasteiger partial charge < -0.3 is 9.13 Å². The van der Waals surface area contributed by atoms with Crippen LogP contribution in [0.15, 0.2) is 48.8 Å². The molecule has 0 saturated heterocycles. The highest BCUT2D eigenvalue weighted by atomic mass is 28.3. The number of rotatable bonds is 6. The average molecular weight is 305 g/mol. The van der Waals surface area contributed by atoms with Crippen LogP contribution in [0.2, 0.25) is 13.1 Å². The van der Waals surface area contributed by atoms with Gasteiger partial charge in [-0.2, -0.15) is 0 Å². The van der Waals surface area contributed by atoms with Gasteiger partial charge >= 0.3 is 0 Å². The first-order valence-corrected chi connectivity index (χ1v) is 12.0. The van der Waals surface area contributed by atoms with Gasteiger partial charge in [0.2, 0.25) is 0 Å². The minimum atomic E-state index is -1.72. The maximum Gasteiger partial charge on any atom is 0.181 e. The fourth-order valence-electron chi connectivity index (χ4n) is 2.26. The smallest absolute Gasteiger partial charge is 0.181 e. The van der Waals surface area contributed by atoms with Crippen molar-refractivity contribution < 1.29 is 0 Å². The van der Waals surface area contributed by atoms with Crippen LogP contribution in [0.4, 0.5) is 0 Å². The van der Waals surface area contributed by atoms with E-state index in [1.54, 1.807) is 0 Å². The van der Waals surface area contributed by atoms with Crippen molar-refractivity contribution in [1.29, 1.82) is 0 Å². The van der Waals surface area contributed by atoms with E-state index in [9.17, 15) is 0 Å². The molecule has 0 saturated carbocycles. The predicted molar refractivity (Wildman–Crippen MR) is 96.7 cm³/mol. The summed E-state index contributed by atoms with van der Waals surface area (Å²) < 4.78 is 4.65. The van der Waals surface area contributed by atoms with Crippen molar-refractivity contribution in [3.63, 3.8) is 0 Å². The molecule has 20 heavy (non-hydrogen) atoms. The van der Waals surface area contributed by atoms with Gasteiger partial charge in [-0.25, -0.2) is 0 Å². The van der Waals surface area contributed by atoms with Crippen LogP contribution in [0.5, 0.6) is 0 Å². The van der Waals surface area contributed by atoms with E-state index in [1.165, 1.54) is 10.4 Å². The van der Waals surface area contributed by atoms with Crippen molar-refractivity contribution >= 4 is 26.8 Å². The fraction of sp³-hybridized carbons (Fsp3) is 0.375. The van der Waals surface area contributed by atoms with Crippen LogP contribution >= 0.6 is 0 Å². The molecule has 1 aromatic carbocycles. The fourth-order valence-corrected chi connectivity index (χ4v) is 6.18. The summed E-state index contributed by atoms with van der Waals surface area (Å²) in [7, 11) is 5.13. The van der Waals surface area contributed by atoms with E-state index in [2.05, 4.69) is 99.2 Å². The Balaban J connectivity index is 3.24. The third-order valence-electron chi connectivity index (χ3n) is 4.71. The Morgan fingerprint density at radius 3 is 1.15 bits per heavy atom. The quantitative estimate of drug-likeness (QED) is 0.740. The summed E-state index contributed by atoms with van der Waals surface area (Å²) in [5.74, 6) is 0. The van der Waals surface area contributed by atoms with Gasteiger partial charge in [-0.05, 0) is 51.7 Å². The van der Waals surface area contributed by atoms with Crippen molar-refractivity contribution in [2.75, 3.05) is 28.2 Å². The van der Waals surface area contributed by atoms with E-state index < -0.39 is 16.5 Å². The largest absolute Gasteiger partial charge is 0.323 e. The Morgan fingerprint density at radius 2 is 1.00 bits per heavy atom. The zero-order valence-corrected chi connectivity index (χ0v) is 15.8. The summed E-state index contributed by atoms with van der Waals surface area (Å²) in [6.07, 6.45) is 0. The molecule has 0 aliphatic rings. The molecule has 0 N–H and O–H groups in total. The summed E-state index contributed by atoms with van der Waals surface area (Å²) in [4.78, 5) is 0. The van der Waals surface area contributed by atoms with E-state index in [-0.39, 0.29) is 0 Å². The van der Waals surface area contributed by atoms with Crippen molar-refractivity contribution in [3.8, 4) is 0 Å². The maximum atomic E-state index is 4.05. The van der Waals surface area contributed by atoms with Crippen LogP contribution in [0.25, 0.3) is 0 Å². The summed E-state index contributed by atoms with van der Waals surface area (Å²) in [5.41, 5.74) is 4.27. The van der Waals surface area contributed by atoms with Gasteiger partial charge in [-0.3, -0.25) is 0 Å². The van der Waals surface area contributed by atoms with Crippen LogP contribution in [0.3, 0.4) is 0 Å². The van der Waals surface area contributed by atoms with Gasteiger partial charge in [0.05, 0.1) is 0 Å². The first-order chi connectivity index (χ1) is 9.22. The third-order valence-corrected chi connectivity index (χ3v) is 13.0. The lowest BCUT2D eigenvalue weighted by Gasteiger charge is -2.34. The Morgan fingerprint density at radius 1 is 0.750 bits per heavy atom. The third kappa shape index (κ3) is 2.88. The predicted octanol–water partition coefficient (Wildman–Crippen LogP) is 1.82. The second-order valence-electron chi connectivity index (χ2n) is 6.07. The molecule has 0 bridgehead atoms. The van der Waals surface area contributed by atoms with Crippen LogP contribution in [-0.4, -0.2) is 53.8 Å². The Bertz CT molecular complexity index is 437. The molecule has 2 unspecified atom stereocenters. The van der Waals surface area contributed by atoms with E-state index in [0.29, 0.717) is 0 Å². The Labute approximate surface area is 126 Å². The second kappa shape index (κ2) is 6.22. The van der Waals surface area contributed by atoms with Gasteiger partial charge in [0.15, 0.2) is 16.5 Å². The molecule has 2 atom stereocenters. The highest BCUT2D eigenvalue weighted by Gasteiger charge is 2.32. The molecule has 1 rings (SSSR count). The molecule has 2 nitrogen and oxygen atoms in total. The maximum absolute atomic E-state index is 4.05. The normalized spacial score (nSPS) is 17.6. The van der Waals surface area contributed by atoms with Gasteiger partial charge in [0.1, 0.15) is 0 Å². The average Bonchev–Trinajstić information content (AvgIpc) is 2.45. The van der Waals surface area contributed by atoms with Crippen LogP contribution in [-0.2, 0) is 0 Å². The highest BCUT2D eigenvalue weighted by Crippen LogP contribution is 2.11. The number of nitrogens with zero attached hydrogens (tertiary/aromatic N) is 2. The zero-order valence-electron chi connectivity index (χ0n) is 13.8. The summed E-state index contributed by atoms with van der Waals surface area (Å²) >= 11 is 0. The van der Waals surface area contributed by atoms with Gasteiger partial charge in [-0.1, -0.05) is 35.7 Å². The SMILES string of the molecule is C=C[Si](C)(c1ccc([Si](C)(C=C)N(C)C)cc1)N(C)C. The molecule has 0 fully saturated rings. The molecule has 4 heteroatoms. The van der Waals surface area contributed by atoms with Crippen LogP contribution in [0.1, 0.15) is 0 Å². The van der Waals surface area contributed by atoms with Crippen molar-refractivity contribution in [2.45, 2.75) is 13.1 Å². The van der Waals surface area contributed by atoms with Crippen molar-refractivity contribution in [3.05, 3.63) is 48.8 Å². The molecule has 0 amide bonds. The lowest BCUT2D eigenvalue weighted by Crippen LogP contribution is -2.58. The topological polar surface area (TPSA) is 6.48 Å². The summed E-state index contributed by atoms with van der Waals surface area (Å²) in [6.45, 7) is 12.7.